The first-order chi connectivity index (χ1) is 11.5. The Morgan fingerprint density at radius 3 is 2.04 bits per heavy atom. The monoisotopic (exact) mass is 321 g/mol. The second-order valence-electron chi connectivity index (χ2n) is 6.63. The number of hydrogen-bond donors (Lipinski definition) is 0. The molecule has 0 amide bonds. The van der Waals surface area contributed by atoms with Crippen molar-refractivity contribution in [3.05, 3.63) is 48.3 Å². The number of benzene rings is 1. The zero-order chi connectivity index (χ0) is 17.3. The Labute approximate surface area is 142 Å². The van der Waals surface area contributed by atoms with Crippen molar-refractivity contribution < 1.29 is 0 Å². The van der Waals surface area contributed by atoms with Crippen LogP contribution < -0.4 is 0 Å². The average molecular weight is 321 g/mol. The summed E-state index contributed by atoms with van der Waals surface area (Å²) in [4.78, 5) is 18.4. The van der Waals surface area contributed by atoms with Crippen molar-refractivity contribution in [3.8, 4) is 22.8 Å². The Bertz CT molecular complexity index is 822. The van der Waals surface area contributed by atoms with Gasteiger partial charge in [-0.05, 0) is 6.07 Å². The SMILES string of the molecule is CC(C)c1nc(-c2cccc(-c3nccn3C)c2)nc(C(C)C)n1. The molecule has 0 unspecified atom stereocenters. The van der Waals surface area contributed by atoms with Gasteiger partial charge in [0, 0.05) is 42.4 Å². The molecule has 5 nitrogen and oxygen atoms in total. The van der Waals surface area contributed by atoms with Crippen molar-refractivity contribution in [2.75, 3.05) is 0 Å². The number of aromatic nitrogens is 5. The van der Waals surface area contributed by atoms with Crippen LogP contribution in [0.3, 0.4) is 0 Å². The van der Waals surface area contributed by atoms with E-state index in [-0.39, 0.29) is 11.8 Å². The standard InChI is InChI=1S/C19H23N5/c1-12(2)16-21-17(13(3)4)23-18(22-16)14-7-6-8-15(11-14)19-20-9-10-24(19)5/h6-13H,1-5H3. The van der Waals surface area contributed by atoms with E-state index in [9.17, 15) is 0 Å². The molecule has 0 aliphatic carbocycles. The molecule has 0 fully saturated rings. The highest BCUT2D eigenvalue weighted by molar-refractivity contribution is 5.66. The summed E-state index contributed by atoms with van der Waals surface area (Å²) in [7, 11) is 1.99. The first kappa shape index (κ1) is 16.3. The summed E-state index contributed by atoms with van der Waals surface area (Å²) in [5.41, 5.74) is 2.04. The second kappa shape index (κ2) is 6.51. The van der Waals surface area contributed by atoms with E-state index in [0.717, 1.165) is 34.4 Å². The van der Waals surface area contributed by atoms with Gasteiger partial charge in [-0.15, -0.1) is 0 Å². The van der Waals surface area contributed by atoms with Crippen LogP contribution in [0.25, 0.3) is 22.8 Å². The maximum Gasteiger partial charge on any atom is 0.163 e. The van der Waals surface area contributed by atoms with E-state index in [1.165, 1.54) is 0 Å². The van der Waals surface area contributed by atoms with E-state index in [1.54, 1.807) is 6.20 Å². The molecular weight excluding hydrogens is 298 g/mol. The molecule has 3 aromatic rings. The lowest BCUT2D eigenvalue weighted by atomic mass is 10.1. The minimum absolute atomic E-state index is 0.266. The van der Waals surface area contributed by atoms with E-state index >= 15 is 0 Å². The smallest absolute Gasteiger partial charge is 0.163 e. The van der Waals surface area contributed by atoms with Crippen LogP contribution in [0.5, 0.6) is 0 Å². The van der Waals surface area contributed by atoms with Crippen molar-refractivity contribution >= 4 is 0 Å². The zero-order valence-electron chi connectivity index (χ0n) is 14.9. The maximum atomic E-state index is 4.68. The molecule has 0 aliphatic heterocycles. The van der Waals surface area contributed by atoms with Crippen LogP contribution in [0, 0.1) is 0 Å². The van der Waals surface area contributed by atoms with Gasteiger partial charge in [-0.25, -0.2) is 19.9 Å². The van der Waals surface area contributed by atoms with Gasteiger partial charge in [-0.2, -0.15) is 0 Å². The van der Waals surface area contributed by atoms with E-state index < -0.39 is 0 Å². The molecule has 2 heterocycles. The molecule has 124 valence electrons. The lowest BCUT2D eigenvalue weighted by Crippen LogP contribution is -2.08. The predicted octanol–water partition coefficient (Wildman–Crippen LogP) is 4.19. The van der Waals surface area contributed by atoms with E-state index in [1.807, 2.05) is 29.9 Å². The summed E-state index contributed by atoms with van der Waals surface area (Å²) in [6, 6.07) is 8.20. The Balaban J connectivity index is 2.10. The topological polar surface area (TPSA) is 56.5 Å². The molecule has 1 aromatic carbocycles. The molecule has 0 aliphatic rings. The molecule has 2 aromatic heterocycles. The lowest BCUT2D eigenvalue weighted by molar-refractivity contribution is 0.697. The van der Waals surface area contributed by atoms with Crippen LogP contribution in [-0.2, 0) is 7.05 Å². The van der Waals surface area contributed by atoms with Crippen molar-refractivity contribution in [2.45, 2.75) is 39.5 Å². The summed E-state index contributed by atoms with van der Waals surface area (Å²) in [5, 5.41) is 0. The number of rotatable bonds is 4. The number of nitrogens with zero attached hydrogens (tertiary/aromatic N) is 5. The third-order valence-electron chi connectivity index (χ3n) is 3.90. The minimum atomic E-state index is 0.266. The van der Waals surface area contributed by atoms with Crippen LogP contribution >= 0.6 is 0 Å². The third-order valence-corrected chi connectivity index (χ3v) is 3.90. The number of imidazole rings is 1. The molecule has 3 rings (SSSR count). The van der Waals surface area contributed by atoms with Gasteiger partial charge in [0.2, 0.25) is 0 Å². The minimum Gasteiger partial charge on any atom is -0.334 e. The highest BCUT2D eigenvalue weighted by atomic mass is 15.0. The Morgan fingerprint density at radius 2 is 1.50 bits per heavy atom. The largest absolute Gasteiger partial charge is 0.334 e. The van der Waals surface area contributed by atoms with Gasteiger partial charge >= 0.3 is 0 Å². The molecule has 5 heteroatoms. The van der Waals surface area contributed by atoms with Crippen LogP contribution in [-0.4, -0.2) is 24.5 Å². The van der Waals surface area contributed by atoms with Crippen molar-refractivity contribution in [1.29, 1.82) is 0 Å². The Kier molecular flexibility index (Phi) is 4.42. The maximum absolute atomic E-state index is 4.68. The molecule has 0 atom stereocenters. The fourth-order valence-corrected chi connectivity index (χ4v) is 2.50. The van der Waals surface area contributed by atoms with Crippen LogP contribution in [0.2, 0.25) is 0 Å². The van der Waals surface area contributed by atoms with Crippen molar-refractivity contribution in [2.24, 2.45) is 7.05 Å². The quantitative estimate of drug-likeness (QED) is 0.723. The van der Waals surface area contributed by atoms with Crippen LogP contribution in [0.4, 0.5) is 0 Å². The van der Waals surface area contributed by atoms with Gasteiger partial charge in [-0.3, -0.25) is 0 Å². The average Bonchev–Trinajstić information content (AvgIpc) is 3.00. The fourth-order valence-electron chi connectivity index (χ4n) is 2.50. The van der Waals surface area contributed by atoms with Crippen LogP contribution in [0.15, 0.2) is 36.7 Å². The predicted molar refractivity (Wildman–Crippen MR) is 95.6 cm³/mol. The van der Waals surface area contributed by atoms with Gasteiger partial charge in [0.05, 0.1) is 0 Å². The van der Waals surface area contributed by atoms with E-state index in [0.29, 0.717) is 0 Å². The van der Waals surface area contributed by atoms with E-state index in [4.69, 9.17) is 0 Å². The summed E-state index contributed by atoms with van der Waals surface area (Å²) in [5.74, 6) is 3.87. The Morgan fingerprint density at radius 1 is 0.875 bits per heavy atom. The van der Waals surface area contributed by atoms with Crippen molar-refractivity contribution in [3.63, 3.8) is 0 Å². The number of hydrogen-bond acceptors (Lipinski definition) is 4. The fraction of sp³-hybridized carbons (Fsp3) is 0.368. The summed E-state index contributed by atoms with van der Waals surface area (Å²) >= 11 is 0. The molecule has 0 saturated heterocycles. The van der Waals surface area contributed by atoms with Gasteiger partial charge in [0.1, 0.15) is 17.5 Å². The molecular formula is C19H23N5. The van der Waals surface area contributed by atoms with Crippen LogP contribution in [0.1, 0.15) is 51.2 Å². The third kappa shape index (κ3) is 3.20. The summed E-state index contributed by atoms with van der Waals surface area (Å²) < 4.78 is 2.01. The van der Waals surface area contributed by atoms with Crippen molar-refractivity contribution in [1.82, 2.24) is 24.5 Å². The first-order valence-electron chi connectivity index (χ1n) is 8.29. The summed E-state index contributed by atoms with van der Waals surface area (Å²) in [6.45, 7) is 8.42. The molecule has 0 saturated carbocycles. The normalized spacial score (nSPS) is 11.5. The highest BCUT2D eigenvalue weighted by Crippen LogP contribution is 2.25. The van der Waals surface area contributed by atoms with Gasteiger partial charge in [-0.1, -0.05) is 45.9 Å². The first-order valence-corrected chi connectivity index (χ1v) is 8.29. The second-order valence-corrected chi connectivity index (χ2v) is 6.63. The zero-order valence-corrected chi connectivity index (χ0v) is 14.9. The van der Waals surface area contributed by atoms with Gasteiger partial charge in [0.25, 0.3) is 0 Å². The van der Waals surface area contributed by atoms with Gasteiger partial charge < -0.3 is 4.57 Å². The Hall–Kier alpha value is -2.56. The number of aryl methyl sites for hydroxylation is 1. The van der Waals surface area contributed by atoms with Gasteiger partial charge in [0.15, 0.2) is 5.82 Å². The molecule has 0 N–H and O–H groups in total. The molecule has 0 radical (unpaired) electrons. The lowest BCUT2D eigenvalue weighted by Gasteiger charge is -2.12. The van der Waals surface area contributed by atoms with E-state index in [2.05, 4.69) is 59.8 Å². The summed E-state index contributed by atoms with van der Waals surface area (Å²) in [6.07, 6.45) is 3.75. The highest BCUT2D eigenvalue weighted by Gasteiger charge is 2.14. The molecule has 0 spiro atoms. The molecule has 0 bridgehead atoms. The molecule has 24 heavy (non-hydrogen) atoms.